The molecule has 0 saturated carbocycles. The van der Waals surface area contributed by atoms with Crippen molar-refractivity contribution in [3.8, 4) is 0 Å². The number of carbonyl (C=O) groups is 2. The van der Waals surface area contributed by atoms with Crippen molar-refractivity contribution < 1.29 is 19.4 Å². The molecule has 0 bridgehead atoms. The zero-order valence-electron chi connectivity index (χ0n) is 10.2. The number of hydrogen-bond donors (Lipinski definition) is 1. The number of amides is 2. The minimum absolute atomic E-state index is 0.0306. The summed E-state index contributed by atoms with van der Waals surface area (Å²) in [5.41, 5.74) is 0. The molecule has 2 amide bonds. The molecule has 0 radical (unpaired) electrons. The van der Waals surface area contributed by atoms with Crippen LogP contribution in [-0.4, -0.2) is 72.7 Å². The van der Waals surface area contributed by atoms with Gasteiger partial charge in [0.1, 0.15) is 0 Å². The molecule has 1 N–H and O–H groups in total. The molecule has 1 heterocycles. The maximum Gasteiger partial charge on any atom is 0.312 e. The first-order valence-electron chi connectivity index (χ1n) is 5.97. The monoisotopic (exact) mass is 244 g/mol. The molecular weight excluding hydrogens is 224 g/mol. The number of aliphatic hydroxyl groups excluding tert-OH is 1. The Balaban J connectivity index is 2.35. The van der Waals surface area contributed by atoms with Crippen LogP contribution in [0.5, 0.6) is 0 Å². The zero-order chi connectivity index (χ0) is 12.7. The van der Waals surface area contributed by atoms with Crippen molar-refractivity contribution in [2.45, 2.75) is 13.3 Å². The number of nitrogens with zero attached hydrogens (tertiary/aromatic N) is 2. The topological polar surface area (TPSA) is 70.1 Å². The molecule has 0 aromatic carbocycles. The van der Waals surface area contributed by atoms with Gasteiger partial charge in [-0.25, -0.2) is 0 Å². The number of ether oxygens (including phenoxy) is 1. The third kappa shape index (κ3) is 3.98. The van der Waals surface area contributed by atoms with Gasteiger partial charge in [0.15, 0.2) is 0 Å². The molecule has 0 unspecified atom stereocenters. The van der Waals surface area contributed by atoms with E-state index < -0.39 is 11.8 Å². The second-order valence-corrected chi connectivity index (χ2v) is 3.92. The summed E-state index contributed by atoms with van der Waals surface area (Å²) >= 11 is 0. The fraction of sp³-hybridized carbons (Fsp3) is 0.818. The normalized spacial score (nSPS) is 16.8. The van der Waals surface area contributed by atoms with E-state index in [1.807, 2.05) is 6.92 Å². The van der Waals surface area contributed by atoms with E-state index >= 15 is 0 Å². The van der Waals surface area contributed by atoms with E-state index in [4.69, 9.17) is 9.84 Å². The maximum absolute atomic E-state index is 11.7. The lowest BCUT2D eigenvalue weighted by Crippen LogP contribution is -2.55. The van der Waals surface area contributed by atoms with E-state index in [2.05, 4.69) is 0 Å². The second kappa shape index (κ2) is 7.24. The molecule has 6 nitrogen and oxygen atoms in total. The maximum atomic E-state index is 11.7. The van der Waals surface area contributed by atoms with Crippen molar-refractivity contribution in [2.24, 2.45) is 0 Å². The predicted octanol–water partition coefficient (Wildman–Crippen LogP) is -0.924. The minimum Gasteiger partial charge on any atom is -0.394 e. The standard InChI is InChI=1S/C11H20N2O4/c1-2-3-12-4-5-13(11(16)10(12)15)6-8-17-9-7-14/h14H,2-9H2,1H3. The van der Waals surface area contributed by atoms with Gasteiger partial charge >= 0.3 is 11.8 Å². The molecule has 1 fully saturated rings. The summed E-state index contributed by atoms with van der Waals surface area (Å²) in [5.74, 6) is -0.863. The molecule has 98 valence electrons. The average Bonchev–Trinajstić information content (AvgIpc) is 2.33. The summed E-state index contributed by atoms with van der Waals surface area (Å²) in [5, 5.41) is 8.52. The molecule has 0 atom stereocenters. The SMILES string of the molecule is CCCN1CCN(CCOCCO)C(=O)C1=O. The molecule has 1 aliphatic heterocycles. The van der Waals surface area contributed by atoms with E-state index in [0.717, 1.165) is 6.42 Å². The van der Waals surface area contributed by atoms with Crippen LogP contribution < -0.4 is 0 Å². The average molecular weight is 244 g/mol. The van der Waals surface area contributed by atoms with E-state index in [1.54, 1.807) is 4.90 Å². The molecule has 0 aromatic heterocycles. The lowest BCUT2D eigenvalue weighted by Gasteiger charge is -2.33. The quantitative estimate of drug-likeness (QED) is 0.464. The molecule has 1 rings (SSSR count). The van der Waals surface area contributed by atoms with Crippen LogP contribution in [-0.2, 0) is 14.3 Å². The van der Waals surface area contributed by atoms with Crippen molar-refractivity contribution >= 4 is 11.8 Å². The van der Waals surface area contributed by atoms with E-state index in [9.17, 15) is 9.59 Å². The smallest absolute Gasteiger partial charge is 0.312 e. The van der Waals surface area contributed by atoms with Gasteiger partial charge in [0, 0.05) is 26.2 Å². The summed E-state index contributed by atoms with van der Waals surface area (Å²) in [6, 6.07) is 0. The van der Waals surface area contributed by atoms with Gasteiger partial charge in [-0.05, 0) is 6.42 Å². The van der Waals surface area contributed by atoms with Gasteiger partial charge in [0.05, 0.1) is 19.8 Å². The number of hydrogen-bond acceptors (Lipinski definition) is 4. The Hall–Kier alpha value is -1.14. The van der Waals surface area contributed by atoms with Gasteiger partial charge in [-0.1, -0.05) is 6.92 Å². The van der Waals surface area contributed by atoms with E-state index in [-0.39, 0.29) is 13.2 Å². The fourth-order valence-corrected chi connectivity index (χ4v) is 1.75. The van der Waals surface area contributed by atoms with Crippen molar-refractivity contribution in [3.63, 3.8) is 0 Å². The summed E-state index contributed by atoms with van der Waals surface area (Å²) < 4.78 is 5.07. The van der Waals surface area contributed by atoms with Crippen molar-refractivity contribution in [3.05, 3.63) is 0 Å². The minimum atomic E-state index is -0.447. The van der Waals surface area contributed by atoms with Crippen molar-refractivity contribution in [1.29, 1.82) is 0 Å². The number of carbonyl (C=O) groups excluding carboxylic acids is 2. The summed E-state index contributed by atoms with van der Waals surface area (Å²) in [6.45, 7) is 4.77. The van der Waals surface area contributed by atoms with E-state index in [0.29, 0.717) is 32.8 Å². The third-order valence-corrected chi connectivity index (χ3v) is 2.63. The van der Waals surface area contributed by atoms with Crippen LogP contribution in [0.4, 0.5) is 0 Å². The molecule has 17 heavy (non-hydrogen) atoms. The Bertz CT molecular complexity index is 268. The van der Waals surface area contributed by atoms with Crippen molar-refractivity contribution in [1.82, 2.24) is 9.80 Å². The lowest BCUT2D eigenvalue weighted by molar-refractivity contribution is -0.156. The van der Waals surface area contributed by atoms with Gasteiger partial charge in [-0.3, -0.25) is 9.59 Å². The van der Waals surface area contributed by atoms with Gasteiger partial charge < -0.3 is 19.6 Å². The summed E-state index contributed by atoms with van der Waals surface area (Å²) in [4.78, 5) is 26.5. The van der Waals surface area contributed by atoms with Gasteiger partial charge in [-0.2, -0.15) is 0 Å². The Morgan fingerprint density at radius 2 is 1.71 bits per heavy atom. The summed E-state index contributed by atoms with van der Waals surface area (Å²) in [7, 11) is 0. The fourth-order valence-electron chi connectivity index (χ4n) is 1.75. The number of rotatable bonds is 7. The molecule has 0 aromatic rings. The number of aliphatic hydroxyl groups is 1. The molecule has 0 aliphatic carbocycles. The van der Waals surface area contributed by atoms with Crippen LogP contribution in [0.1, 0.15) is 13.3 Å². The Morgan fingerprint density at radius 3 is 2.24 bits per heavy atom. The second-order valence-electron chi connectivity index (χ2n) is 3.92. The highest BCUT2D eigenvalue weighted by atomic mass is 16.5. The first kappa shape index (κ1) is 13.9. The van der Waals surface area contributed by atoms with Crippen LogP contribution in [0.25, 0.3) is 0 Å². The van der Waals surface area contributed by atoms with Gasteiger partial charge in [0.2, 0.25) is 0 Å². The third-order valence-electron chi connectivity index (χ3n) is 2.63. The highest BCUT2D eigenvalue weighted by molar-refractivity contribution is 6.35. The highest BCUT2D eigenvalue weighted by Crippen LogP contribution is 2.05. The first-order valence-corrected chi connectivity index (χ1v) is 5.97. The van der Waals surface area contributed by atoms with Crippen LogP contribution >= 0.6 is 0 Å². The zero-order valence-corrected chi connectivity index (χ0v) is 10.2. The first-order chi connectivity index (χ1) is 8.20. The predicted molar refractivity (Wildman–Crippen MR) is 61.4 cm³/mol. The van der Waals surface area contributed by atoms with Crippen molar-refractivity contribution in [2.75, 3.05) is 46.0 Å². The van der Waals surface area contributed by atoms with Crippen LogP contribution in [0.15, 0.2) is 0 Å². The highest BCUT2D eigenvalue weighted by Gasteiger charge is 2.31. The Labute approximate surface area is 101 Å². The van der Waals surface area contributed by atoms with Gasteiger partial charge in [-0.15, -0.1) is 0 Å². The van der Waals surface area contributed by atoms with Crippen LogP contribution in [0, 0.1) is 0 Å². The lowest BCUT2D eigenvalue weighted by atomic mass is 10.2. The van der Waals surface area contributed by atoms with E-state index in [1.165, 1.54) is 4.90 Å². The molecule has 0 spiro atoms. The molecular formula is C11H20N2O4. The Kier molecular flexibility index (Phi) is 5.93. The molecule has 1 saturated heterocycles. The number of piperazine rings is 1. The van der Waals surface area contributed by atoms with Crippen LogP contribution in [0.3, 0.4) is 0 Å². The van der Waals surface area contributed by atoms with Gasteiger partial charge in [0.25, 0.3) is 0 Å². The summed E-state index contributed by atoms with van der Waals surface area (Å²) in [6.07, 6.45) is 0.860. The molecule has 1 aliphatic rings. The molecule has 6 heteroatoms. The Morgan fingerprint density at radius 1 is 1.12 bits per heavy atom. The van der Waals surface area contributed by atoms with Crippen LogP contribution in [0.2, 0.25) is 0 Å². The largest absolute Gasteiger partial charge is 0.394 e.